The molecule has 0 atom stereocenters. The average molecular weight is 441 g/mol. The lowest BCUT2D eigenvalue weighted by molar-refractivity contribution is -0.141. The number of benzene rings is 1. The van der Waals surface area contributed by atoms with Gasteiger partial charge in [0.05, 0.1) is 12.0 Å². The lowest BCUT2D eigenvalue weighted by Gasteiger charge is -2.31. The van der Waals surface area contributed by atoms with E-state index in [9.17, 15) is 18.0 Å². The first kappa shape index (κ1) is 24.1. The second-order valence-electron chi connectivity index (χ2n) is 9.31. The third kappa shape index (κ3) is 7.23. The highest BCUT2D eigenvalue weighted by molar-refractivity contribution is 5.75. The van der Waals surface area contributed by atoms with Crippen LogP contribution < -0.4 is 4.74 Å². The monoisotopic (exact) mass is 440 g/mol. The summed E-state index contributed by atoms with van der Waals surface area (Å²) in [4.78, 5) is 12.3. The van der Waals surface area contributed by atoms with E-state index >= 15 is 0 Å². The Labute approximate surface area is 183 Å². The van der Waals surface area contributed by atoms with E-state index in [1.165, 1.54) is 51.4 Å². The fourth-order valence-electron chi connectivity index (χ4n) is 4.90. The Kier molecular flexibility index (Phi) is 9.24. The van der Waals surface area contributed by atoms with Gasteiger partial charge < -0.3 is 9.47 Å². The highest BCUT2D eigenvalue weighted by atomic mass is 19.2. The van der Waals surface area contributed by atoms with E-state index < -0.39 is 23.4 Å². The van der Waals surface area contributed by atoms with Crippen LogP contribution in [0.2, 0.25) is 0 Å². The minimum atomic E-state index is -1.57. The maximum atomic E-state index is 13.3. The highest BCUT2D eigenvalue weighted by Crippen LogP contribution is 2.34. The van der Waals surface area contributed by atoms with Crippen molar-refractivity contribution >= 4 is 5.97 Å². The molecule has 0 N–H and O–H groups in total. The van der Waals surface area contributed by atoms with Gasteiger partial charge in [0.2, 0.25) is 0 Å². The molecule has 174 valence electrons. The standard InChI is InChI=1S/C25H35F3O3/c1-2-3-4-5-17-6-8-18(9-7-17)16-30-20-12-10-19(11-13-20)25(29)31-21-14-22(26)24(28)23(27)15-21/h14-15,17-20H,2-13,16H2,1H3. The van der Waals surface area contributed by atoms with Crippen LogP contribution in [0, 0.1) is 35.2 Å². The Morgan fingerprint density at radius 2 is 1.52 bits per heavy atom. The van der Waals surface area contributed by atoms with Gasteiger partial charge in [0.15, 0.2) is 17.5 Å². The van der Waals surface area contributed by atoms with Gasteiger partial charge in [0.1, 0.15) is 5.75 Å². The first-order valence-corrected chi connectivity index (χ1v) is 11.9. The van der Waals surface area contributed by atoms with Crippen LogP contribution in [-0.2, 0) is 9.53 Å². The number of halogens is 3. The Hall–Kier alpha value is -1.56. The normalized spacial score (nSPS) is 26.6. The molecule has 31 heavy (non-hydrogen) atoms. The minimum Gasteiger partial charge on any atom is -0.426 e. The second kappa shape index (κ2) is 11.9. The fourth-order valence-corrected chi connectivity index (χ4v) is 4.90. The van der Waals surface area contributed by atoms with E-state index in [1.807, 2.05) is 0 Å². The van der Waals surface area contributed by atoms with Gasteiger partial charge in [-0.1, -0.05) is 45.4 Å². The third-order valence-corrected chi connectivity index (χ3v) is 6.93. The van der Waals surface area contributed by atoms with Gasteiger partial charge in [-0.05, 0) is 50.4 Å². The van der Waals surface area contributed by atoms with Crippen molar-refractivity contribution in [1.29, 1.82) is 0 Å². The van der Waals surface area contributed by atoms with E-state index in [1.54, 1.807) is 0 Å². The molecule has 2 fully saturated rings. The van der Waals surface area contributed by atoms with Crippen molar-refractivity contribution in [3.8, 4) is 5.75 Å². The topological polar surface area (TPSA) is 35.5 Å². The molecule has 0 amide bonds. The lowest BCUT2D eigenvalue weighted by atomic mass is 9.80. The van der Waals surface area contributed by atoms with Crippen LogP contribution in [0.25, 0.3) is 0 Å². The molecule has 6 heteroatoms. The molecule has 2 aliphatic rings. The van der Waals surface area contributed by atoms with Crippen LogP contribution in [0.5, 0.6) is 5.75 Å². The molecule has 0 spiro atoms. The summed E-state index contributed by atoms with van der Waals surface area (Å²) in [6.07, 6.45) is 13.5. The quantitative estimate of drug-likeness (QED) is 0.180. The van der Waals surface area contributed by atoms with Gasteiger partial charge in [-0.15, -0.1) is 0 Å². The van der Waals surface area contributed by atoms with Crippen molar-refractivity contribution in [2.24, 2.45) is 17.8 Å². The van der Waals surface area contributed by atoms with Gasteiger partial charge in [-0.2, -0.15) is 0 Å². The zero-order chi connectivity index (χ0) is 22.2. The predicted molar refractivity (Wildman–Crippen MR) is 113 cm³/mol. The van der Waals surface area contributed by atoms with Crippen LogP contribution in [0.15, 0.2) is 12.1 Å². The minimum absolute atomic E-state index is 0.159. The molecule has 0 aromatic heterocycles. The van der Waals surface area contributed by atoms with Gasteiger partial charge in [-0.25, -0.2) is 13.2 Å². The summed E-state index contributed by atoms with van der Waals surface area (Å²) < 4.78 is 50.8. The largest absolute Gasteiger partial charge is 0.426 e. The number of hydrogen-bond acceptors (Lipinski definition) is 3. The molecule has 3 rings (SSSR count). The molecule has 2 saturated carbocycles. The highest BCUT2D eigenvalue weighted by Gasteiger charge is 2.29. The molecular formula is C25H35F3O3. The summed E-state index contributed by atoms with van der Waals surface area (Å²) in [5.74, 6) is -3.90. The molecule has 0 heterocycles. The van der Waals surface area contributed by atoms with Crippen LogP contribution in [0.4, 0.5) is 13.2 Å². The molecule has 0 unspecified atom stereocenters. The van der Waals surface area contributed by atoms with Crippen LogP contribution in [0.3, 0.4) is 0 Å². The second-order valence-corrected chi connectivity index (χ2v) is 9.31. The number of rotatable bonds is 9. The fraction of sp³-hybridized carbons (Fsp3) is 0.720. The number of esters is 1. The average Bonchev–Trinajstić information content (AvgIpc) is 2.77. The SMILES string of the molecule is CCCCCC1CCC(COC2CCC(C(=O)Oc3cc(F)c(F)c(F)c3)CC2)CC1. The molecule has 0 radical (unpaired) electrons. The van der Waals surface area contributed by atoms with Crippen molar-refractivity contribution in [3.63, 3.8) is 0 Å². The zero-order valence-corrected chi connectivity index (χ0v) is 18.5. The number of hydrogen-bond donors (Lipinski definition) is 0. The smallest absolute Gasteiger partial charge is 0.314 e. The van der Waals surface area contributed by atoms with Gasteiger partial charge in [-0.3, -0.25) is 4.79 Å². The first-order chi connectivity index (χ1) is 15.0. The number of ether oxygens (including phenoxy) is 2. The van der Waals surface area contributed by atoms with E-state index in [0.29, 0.717) is 30.9 Å². The van der Waals surface area contributed by atoms with E-state index in [2.05, 4.69) is 6.92 Å². The maximum Gasteiger partial charge on any atom is 0.314 e. The van der Waals surface area contributed by atoms with Gasteiger partial charge in [0.25, 0.3) is 0 Å². The summed E-state index contributed by atoms with van der Waals surface area (Å²) in [5, 5.41) is 0. The maximum absolute atomic E-state index is 13.3. The van der Waals surface area contributed by atoms with E-state index in [4.69, 9.17) is 9.47 Å². The number of unbranched alkanes of at least 4 members (excludes halogenated alkanes) is 2. The summed E-state index contributed by atoms with van der Waals surface area (Å²) >= 11 is 0. The van der Waals surface area contributed by atoms with Crippen molar-refractivity contribution in [1.82, 2.24) is 0 Å². The summed E-state index contributed by atoms with van der Waals surface area (Å²) in [7, 11) is 0. The van der Waals surface area contributed by atoms with Crippen LogP contribution in [-0.4, -0.2) is 18.7 Å². The molecule has 2 aliphatic carbocycles. The van der Waals surface area contributed by atoms with Crippen molar-refractivity contribution in [3.05, 3.63) is 29.6 Å². The van der Waals surface area contributed by atoms with Crippen molar-refractivity contribution < 1.29 is 27.4 Å². The van der Waals surface area contributed by atoms with E-state index in [-0.39, 0.29) is 17.8 Å². The third-order valence-electron chi connectivity index (χ3n) is 6.93. The molecule has 0 saturated heterocycles. The molecular weight excluding hydrogens is 405 g/mol. The van der Waals surface area contributed by atoms with Crippen molar-refractivity contribution in [2.75, 3.05) is 6.61 Å². The summed E-state index contributed by atoms with van der Waals surface area (Å²) in [6, 6.07) is 1.40. The Morgan fingerprint density at radius 1 is 0.903 bits per heavy atom. The molecule has 3 nitrogen and oxygen atoms in total. The molecule has 0 bridgehead atoms. The molecule has 1 aromatic rings. The zero-order valence-electron chi connectivity index (χ0n) is 18.5. The Morgan fingerprint density at radius 3 is 2.13 bits per heavy atom. The first-order valence-electron chi connectivity index (χ1n) is 11.9. The van der Waals surface area contributed by atoms with Crippen LogP contribution in [0.1, 0.15) is 84.0 Å². The van der Waals surface area contributed by atoms with Crippen LogP contribution >= 0.6 is 0 Å². The molecule has 1 aromatic carbocycles. The predicted octanol–water partition coefficient (Wildman–Crippen LogP) is 6.97. The molecule has 0 aliphatic heterocycles. The Balaban J connectivity index is 1.33. The van der Waals surface area contributed by atoms with E-state index in [0.717, 1.165) is 25.4 Å². The van der Waals surface area contributed by atoms with Gasteiger partial charge in [0, 0.05) is 18.7 Å². The number of carbonyl (C=O) groups is 1. The lowest BCUT2D eigenvalue weighted by Crippen LogP contribution is -2.30. The summed E-state index contributed by atoms with van der Waals surface area (Å²) in [6.45, 7) is 3.05. The number of carbonyl (C=O) groups excluding carboxylic acids is 1. The van der Waals surface area contributed by atoms with Gasteiger partial charge >= 0.3 is 5.97 Å². The van der Waals surface area contributed by atoms with Crippen molar-refractivity contribution in [2.45, 2.75) is 90.1 Å². The Bertz CT molecular complexity index is 685. The summed E-state index contributed by atoms with van der Waals surface area (Å²) in [5.41, 5.74) is 0.